The fourth-order valence-corrected chi connectivity index (χ4v) is 7.31. The van der Waals surface area contributed by atoms with Crippen molar-refractivity contribution in [1.82, 2.24) is 15.1 Å². The lowest BCUT2D eigenvalue weighted by atomic mass is 9.87. The monoisotopic (exact) mass is 494 g/mol. The quantitative estimate of drug-likeness (QED) is 0.289. The van der Waals surface area contributed by atoms with E-state index in [1.54, 1.807) is 0 Å². The molecule has 2 atom stereocenters. The summed E-state index contributed by atoms with van der Waals surface area (Å²) in [6.45, 7) is 4.29. The van der Waals surface area contributed by atoms with Crippen LogP contribution >= 0.6 is 12.2 Å². The normalized spacial score (nSPS) is 26.3. The zero-order valence-electron chi connectivity index (χ0n) is 21.7. The first-order valence-corrected chi connectivity index (χ1v) is 15.1. The van der Waals surface area contributed by atoms with Gasteiger partial charge >= 0.3 is 0 Å². The average molecular weight is 495 g/mol. The van der Waals surface area contributed by atoms with Crippen LogP contribution in [0.5, 0.6) is 0 Å². The molecular formula is C30H46N4S. The van der Waals surface area contributed by atoms with Crippen LogP contribution in [-0.2, 0) is 0 Å². The molecule has 2 heterocycles. The van der Waals surface area contributed by atoms with Crippen molar-refractivity contribution in [2.45, 2.75) is 102 Å². The maximum Gasteiger partial charge on any atom is 0.172 e. The molecule has 3 fully saturated rings. The minimum atomic E-state index is 0.414. The molecule has 0 radical (unpaired) electrons. The Morgan fingerprint density at radius 1 is 0.857 bits per heavy atom. The van der Waals surface area contributed by atoms with Crippen LogP contribution in [0.25, 0.3) is 0 Å². The van der Waals surface area contributed by atoms with Crippen molar-refractivity contribution >= 4 is 23.2 Å². The second-order valence-corrected chi connectivity index (χ2v) is 11.9. The molecule has 4 aliphatic rings. The Bertz CT molecular complexity index is 828. The molecule has 2 aliphatic carbocycles. The van der Waals surface area contributed by atoms with E-state index in [-0.39, 0.29) is 0 Å². The first-order valence-electron chi connectivity index (χ1n) is 14.7. The lowest BCUT2D eigenvalue weighted by Crippen LogP contribution is -2.42. The molecule has 0 unspecified atom stereocenters. The maximum absolute atomic E-state index is 6.08. The summed E-state index contributed by atoms with van der Waals surface area (Å²) in [5, 5.41) is 4.92. The number of amidine groups is 1. The van der Waals surface area contributed by atoms with Gasteiger partial charge in [0.1, 0.15) is 0 Å². The van der Waals surface area contributed by atoms with Crippen molar-refractivity contribution in [1.29, 1.82) is 0 Å². The van der Waals surface area contributed by atoms with Gasteiger partial charge in [-0.1, -0.05) is 75.3 Å². The van der Waals surface area contributed by atoms with Gasteiger partial charge in [-0.15, -0.1) is 0 Å². The maximum atomic E-state index is 6.08. The van der Waals surface area contributed by atoms with Gasteiger partial charge in [-0.2, -0.15) is 0 Å². The molecule has 35 heavy (non-hydrogen) atoms. The van der Waals surface area contributed by atoms with Crippen molar-refractivity contribution < 1.29 is 0 Å². The summed E-state index contributed by atoms with van der Waals surface area (Å²) in [6.07, 6.45) is 18.8. The van der Waals surface area contributed by atoms with Crippen LogP contribution in [0.3, 0.4) is 0 Å². The number of hydrogen-bond donors (Lipinski definition) is 1. The number of nitrogens with zero attached hydrogens (tertiary/aromatic N) is 3. The van der Waals surface area contributed by atoms with E-state index in [0.717, 1.165) is 37.2 Å². The van der Waals surface area contributed by atoms with Gasteiger partial charge in [0.25, 0.3) is 0 Å². The highest BCUT2D eigenvalue weighted by molar-refractivity contribution is 7.80. The van der Waals surface area contributed by atoms with Gasteiger partial charge in [-0.3, -0.25) is 4.99 Å². The fraction of sp³-hybridized carbons (Fsp3) is 0.733. The van der Waals surface area contributed by atoms with Crippen LogP contribution in [0.1, 0.15) is 101 Å². The Kier molecular flexibility index (Phi) is 8.99. The zero-order chi connectivity index (χ0) is 23.9. The van der Waals surface area contributed by atoms with Crippen molar-refractivity contribution in [2.24, 2.45) is 16.8 Å². The summed E-state index contributed by atoms with van der Waals surface area (Å²) in [4.78, 5) is 9.90. The van der Waals surface area contributed by atoms with Crippen LogP contribution in [0.2, 0.25) is 0 Å². The van der Waals surface area contributed by atoms with Gasteiger partial charge in [0.2, 0.25) is 0 Å². The largest absolute Gasteiger partial charge is 0.371 e. The molecule has 0 aromatic heterocycles. The Morgan fingerprint density at radius 3 is 2.43 bits per heavy atom. The van der Waals surface area contributed by atoms with Crippen molar-refractivity contribution in [3.63, 3.8) is 0 Å². The molecule has 2 saturated carbocycles. The molecule has 1 saturated heterocycles. The van der Waals surface area contributed by atoms with Crippen LogP contribution in [-0.4, -0.2) is 53.0 Å². The Balaban J connectivity index is 1.11. The van der Waals surface area contributed by atoms with E-state index in [9.17, 15) is 0 Å². The average Bonchev–Trinajstić information content (AvgIpc) is 3.56. The highest BCUT2D eigenvalue weighted by Crippen LogP contribution is 2.33. The van der Waals surface area contributed by atoms with Gasteiger partial charge in [-0.05, 0) is 68.6 Å². The summed E-state index contributed by atoms with van der Waals surface area (Å²) in [5.74, 6) is 2.95. The molecule has 4 nitrogen and oxygen atoms in total. The third-order valence-corrected chi connectivity index (χ3v) is 9.55. The lowest BCUT2D eigenvalue weighted by molar-refractivity contribution is 0.278. The third-order valence-electron chi connectivity index (χ3n) is 9.06. The standard InChI is InChI=1S/C30H46N4S/c35-30-33(21-10-9-17-27-18-20-31-29(32-27)26-15-7-8-16-26)23-28(25-13-5-2-6-14-25)34(30)22-19-24-11-3-1-4-12-24/h2,5-6,13-14,24,26-28H,1,3-4,7-12,15-23H2,(H,31,32)/t27-,28-/m0/s1. The smallest absolute Gasteiger partial charge is 0.172 e. The van der Waals surface area contributed by atoms with E-state index >= 15 is 0 Å². The number of nitrogens with one attached hydrogen (secondary N) is 1. The van der Waals surface area contributed by atoms with Crippen LogP contribution in [0, 0.1) is 11.8 Å². The number of hydrogen-bond acceptors (Lipinski definition) is 3. The SMILES string of the molecule is S=C1N(CCCC[C@H]2CCN=C(C3CCCC3)N2)C[C@@H](c2ccccc2)N1CCC1CCCCC1. The molecule has 0 amide bonds. The number of benzene rings is 1. The second kappa shape index (κ2) is 12.6. The topological polar surface area (TPSA) is 30.9 Å². The van der Waals surface area contributed by atoms with E-state index in [1.807, 2.05) is 0 Å². The molecular weight excluding hydrogens is 448 g/mol. The summed E-state index contributed by atoms with van der Waals surface area (Å²) < 4.78 is 0. The number of aliphatic imine (C=N–C) groups is 1. The number of thiocarbonyl (C=S) groups is 1. The number of unbranched alkanes of at least 4 members (excludes halogenated alkanes) is 1. The fourth-order valence-electron chi connectivity index (χ4n) is 6.92. The molecule has 1 N–H and O–H groups in total. The van der Waals surface area contributed by atoms with E-state index in [2.05, 4.69) is 45.4 Å². The third kappa shape index (κ3) is 6.58. The van der Waals surface area contributed by atoms with Gasteiger partial charge in [-0.25, -0.2) is 0 Å². The van der Waals surface area contributed by atoms with Crippen molar-refractivity contribution in [3.8, 4) is 0 Å². The first-order chi connectivity index (χ1) is 17.3. The minimum Gasteiger partial charge on any atom is -0.371 e. The van der Waals surface area contributed by atoms with Crippen LogP contribution in [0.15, 0.2) is 35.3 Å². The predicted molar refractivity (Wildman–Crippen MR) is 151 cm³/mol. The highest BCUT2D eigenvalue weighted by atomic mass is 32.1. The molecule has 5 rings (SSSR count). The van der Waals surface area contributed by atoms with Gasteiger partial charge in [0.05, 0.1) is 11.9 Å². The van der Waals surface area contributed by atoms with Gasteiger partial charge in [0.15, 0.2) is 5.11 Å². The highest BCUT2D eigenvalue weighted by Gasteiger charge is 2.35. The minimum absolute atomic E-state index is 0.414. The van der Waals surface area contributed by atoms with Crippen LogP contribution in [0.4, 0.5) is 0 Å². The molecule has 2 aliphatic heterocycles. The lowest BCUT2D eigenvalue weighted by Gasteiger charge is -2.29. The van der Waals surface area contributed by atoms with Gasteiger partial charge < -0.3 is 15.1 Å². The van der Waals surface area contributed by atoms with Gasteiger partial charge in [0, 0.05) is 38.1 Å². The predicted octanol–water partition coefficient (Wildman–Crippen LogP) is 6.72. The zero-order valence-corrected chi connectivity index (χ0v) is 22.5. The van der Waals surface area contributed by atoms with Crippen molar-refractivity contribution in [3.05, 3.63) is 35.9 Å². The van der Waals surface area contributed by atoms with Crippen LogP contribution < -0.4 is 5.32 Å². The molecule has 192 valence electrons. The van der Waals surface area contributed by atoms with E-state index in [4.69, 9.17) is 17.2 Å². The van der Waals surface area contributed by atoms with E-state index in [0.29, 0.717) is 18.0 Å². The summed E-state index contributed by atoms with van der Waals surface area (Å²) in [5.41, 5.74) is 1.42. The Morgan fingerprint density at radius 2 is 1.63 bits per heavy atom. The summed E-state index contributed by atoms with van der Waals surface area (Å²) >= 11 is 6.08. The number of rotatable bonds is 10. The Hall–Kier alpha value is -1.62. The van der Waals surface area contributed by atoms with E-state index < -0.39 is 0 Å². The second-order valence-electron chi connectivity index (χ2n) is 11.5. The first kappa shape index (κ1) is 25.0. The molecule has 5 heteroatoms. The molecule has 0 bridgehead atoms. The molecule has 1 aromatic rings. The van der Waals surface area contributed by atoms with E-state index in [1.165, 1.54) is 101 Å². The summed E-state index contributed by atoms with van der Waals surface area (Å²) in [7, 11) is 0. The molecule has 1 aromatic carbocycles. The Labute approximate surface area is 218 Å². The van der Waals surface area contributed by atoms with Crippen molar-refractivity contribution in [2.75, 3.05) is 26.2 Å². The molecule has 0 spiro atoms. The summed E-state index contributed by atoms with van der Waals surface area (Å²) in [6, 6.07) is 12.1.